The Bertz CT molecular complexity index is 433. The molecule has 0 amide bonds. The fourth-order valence-electron chi connectivity index (χ4n) is 2.43. The number of hydrogen-bond donors (Lipinski definition) is 0. The molecule has 5 nitrogen and oxygen atoms in total. The van der Waals surface area contributed by atoms with Crippen molar-refractivity contribution in [2.75, 3.05) is 20.8 Å². The zero-order valence-electron chi connectivity index (χ0n) is 11.6. The zero-order valence-corrected chi connectivity index (χ0v) is 11.6. The van der Waals surface area contributed by atoms with Crippen LogP contribution in [0.4, 0.5) is 0 Å². The van der Waals surface area contributed by atoms with E-state index < -0.39 is 0 Å². The molecular weight excluding hydrogens is 244 g/mol. The number of methoxy groups -OCH3 is 1. The monoisotopic (exact) mass is 264 g/mol. The predicted molar refractivity (Wildman–Crippen MR) is 70.9 cm³/mol. The number of carbonyl (C=O) groups excluding carboxylic acids is 1. The molecule has 1 fully saturated rings. The van der Waals surface area contributed by atoms with Crippen molar-refractivity contribution in [2.45, 2.75) is 32.0 Å². The third-order valence-corrected chi connectivity index (χ3v) is 3.56. The molecule has 104 valence electrons. The van der Waals surface area contributed by atoms with Crippen LogP contribution in [0.2, 0.25) is 0 Å². The van der Waals surface area contributed by atoms with E-state index in [0.29, 0.717) is 11.6 Å². The quantitative estimate of drug-likeness (QED) is 0.771. The van der Waals surface area contributed by atoms with Crippen molar-refractivity contribution in [1.82, 2.24) is 9.88 Å². The van der Waals surface area contributed by atoms with Crippen molar-refractivity contribution >= 4 is 5.97 Å². The van der Waals surface area contributed by atoms with Gasteiger partial charge in [0.05, 0.1) is 24.5 Å². The number of nitrogens with zero attached hydrogens (tertiary/aromatic N) is 2. The zero-order chi connectivity index (χ0) is 13.8. The van der Waals surface area contributed by atoms with Gasteiger partial charge in [-0.25, -0.2) is 4.79 Å². The third kappa shape index (κ3) is 3.30. The molecule has 0 spiro atoms. The van der Waals surface area contributed by atoms with Crippen LogP contribution in [-0.2, 0) is 16.0 Å². The fourth-order valence-corrected chi connectivity index (χ4v) is 2.43. The minimum atomic E-state index is -0.356. The smallest absolute Gasteiger partial charge is 0.339 e. The van der Waals surface area contributed by atoms with Gasteiger partial charge in [0.25, 0.3) is 0 Å². The van der Waals surface area contributed by atoms with E-state index in [1.54, 1.807) is 12.3 Å². The standard InChI is InChI=1S/C14H20N2O3/c1-10-13(6-7-19-10)16(2)9-12-5-4-11(8-15-12)14(17)18-3/h4-5,8,10,13H,6-7,9H2,1-3H3. The SMILES string of the molecule is COC(=O)c1ccc(CN(C)C2CCOC2C)nc1. The van der Waals surface area contributed by atoms with Crippen LogP contribution in [-0.4, -0.2) is 48.8 Å². The van der Waals surface area contributed by atoms with Crippen LogP contribution in [0.25, 0.3) is 0 Å². The van der Waals surface area contributed by atoms with Crippen LogP contribution in [0.3, 0.4) is 0 Å². The molecule has 0 saturated carbocycles. The summed E-state index contributed by atoms with van der Waals surface area (Å²) < 4.78 is 10.2. The van der Waals surface area contributed by atoms with Gasteiger partial charge in [-0.05, 0) is 32.5 Å². The molecule has 0 aliphatic carbocycles. The average molecular weight is 264 g/mol. The minimum absolute atomic E-state index is 0.263. The second-order valence-electron chi connectivity index (χ2n) is 4.88. The first-order valence-corrected chi connectivity index (χ1v) is 6.47. The lowest BCUT2D eigenvalue weighted by atomic mass is 10.1. The van der Waals surface area contributed by atoms with Crippen molar-refractivity contribution in [2.24, 2.45) is 0 Å². The van der Waals surface area contributed by atoms with E-state index in [4.69, 9.17) is 4.74 Å². The van der Waals surface area contributed by atoms with Gasteiger partial charge in [0.1, 0.15) is 0 Å². The fraction of sp³-hybridized carbons (Fsp3) is 0.571. The topological polar surface area (TPSA) is 51.7 Å². The van der Waals surface area contributed by atoms with E-state index in [-0.39, 0.29) is 12.1 Å². The maximum absolute atomic E-state index is 11.3. The van der Waals surface area contributed by atoms with E-state index in [9.17, 15) is 4.79 Å². The van der Waals surface area contributed by atoms with Crippen LogP contribution >= 0.6 is 0 Å². The molecule has 2 rings (SSSR count). The number of carbonyl (C=O) groups is 1. The summed E-state index contributed by atoms with van der Waals surface area (Å²) in [7, 11) is 3.44. The summed E-state index contributed by atoms with van der Waals surface area (Å²) in [6, 6.07) is 4.04. The van der Waals surface area contributed by atoms with Crippen molar-refractivity contribution in [3.05, 3.63) is 29.6 Å². The molecule has 5 heteroatoms. The van der Waals surface area contributed by atoms with Crippen LogP contribution in [0.1, 0.15) is 29.4 Å². The first-order chi connectivity index (χ1) is 9.11. The lowest BCUT2D eigenvalue weighted by Crippen LogP contribution is -2.36. The summed E-state index contributed by atoms with van der Waals surface area (Å²) in [5.74, 6) is -0.356. The van der Waals surface area contributed by atoms with Gasteiger partial charge in [0, 0.05) is 25.4 Å². The first kappa shape index (κ1) is 14.0. The molecule has 1 saturated heterocycles. The molecule has 2 heterocycles. The molecule has 0 radical (unpaired) electrons. The van der Waals surface area contributed by atoms with Crippen LogP contribution in [0.5, 0.6) is 0 Å². The highest BCUT2D eigenvalue weighted by molar-refractivity contribution is 5.88. The molecule has 2 atom stereocenters. The highest BCUT2D eigenvalue weighted by atomic mass is 16.5. The Labute approximate surface area is 113 Å². The number of rotatable bonds is 4. The van der Waals surface area contributed by atoms with E-state index in [1.807, 2.05) is 6.07 Å². The Morgan fingerprint density at radius 2 is 2.37 bits per heavy atom. The maximum Gasteiger partial charge on any atom is 0.339 e. The number of aromatic nitrogens is 1. The second-order valence-corrected chi connectivity index (χ2v) is 4.88. The van der Waals surface area contributed by atoms with Gasteiger partial charge in [-0.3, -0.25) is 9.88 Å². The highest BCUT2D eigenvalue weighted by Gasteiger charge is 2.27. The van der Waals surface area contributed by atoms with Crippen molar-refractivity contribution in [3.63, 3.8) is 0 Å². The molecule has 1 aromatic rings. The Morgan fingerprint density at radius 1 is 1.58 bits per heavy atom. The molecule has 19 heavy (non-hydrogen) atoms. The molecular formula is C14H20N2O3. The van der Waals surface area contributed by atoms with Crippen LogP contribution in [0.15, 0.2) is 18.3 Å². The Kier molecular flexibility index (Phi) is 4.50. The highest BCUT2D eigenvalue weighted by Crippen LogP contribution is 2.19. The van der Waals surface area contributed by atoms with Gasteiger partial charge >= 0.3 is 5.97 Å². The average Bonchev–Trinajstić information content (AvgIpc) is 2.85. The minimum Gasteiger partial charge on any atom is -0.465 e. The molecule has 1 aromatic heterocycles. The summed E-state index contributed by atoms with van der Waals surface area (Å²) in [5, 5.41) is 0. The number of pyridine rings is 1. The second kappa shape index (κ2) is 6.12. The molecule has 1 aliphatic rings. The van der Waals surface area contributed by atoms with Gasteiger partial charge in [-0.15, -0.1) is 0 Å². The van der Waals surface area contributed by atoms with E-state index in [0.717, 1.165) is 25.3 Å². The number of likely N-dealkylation sites (N-methyl/N-ethyl adjacent to an activating group) is 1. The third-order valence-electron chi connectivity index (χ3n) is 3.56. The first-order valence-electron chi connectivity index (χ1n) is 6.47. The summed E-state index contributed by atoms with van der Waals surface area (Å²) in [5.41, 5.74) is 1.42. The molecule has 0 bridgehead atoms. The lowest BCUT2D eigenvalue weighted by molar-refractivity contribution is 0.0600. The molecule has 1 aliphatic heterocycles. The Morgan fingerprint density at radius 3 is 2.89 bits per heavy atom. The molecule has 0 N–H and O–H groups in total. The van der Waals surface area contributed by atoms with E-state index >= 15 is 0 Å². The lowest BCUT2D eigenvalue weighted by Gasteiger charge is -2.26. The Hall–Kier alpha value is -1.46. The van der Waals surface area contributed by atoms with Crippen LogP contribution < -0.4 is 0 Å². The Balaban J connectivity index is 1.97. The maximum atomic E-state index is 11.3. The van der Waals surface area contributed by atoms with Crippen molar-refractivity contribution < 1.29 is 14.3 Å². The molecule has 0 aromatic carbocycles. The number of hydrogen-bond acceptors (Lipinski definition) is 5. The van der Waals surface area contributed by atoms with Gasteiger partial charge in [-0.1, -0.05) is 0 Å². The van der Waals surface area contributed by atoms with Gasteiger partial charge in [-0.2, -0.15) is 0 Å². The number of esters is 1. The summed E-state index contributed by atoms with van der Waals surface area (Å²) in [6.07, 6.45) is 2.88. The van der Waals surface area contributed by atoms with E-state index in [2.05, 4.69) is 28.6 Å². The van der Waals surface area contributed by atoms with Gasteiger partial charge < -0.3 is 9.47 Å². The van der Waals surface area contributed by atoms with E-state index in [1.165, 1.54) is 7.11 Å². The largest absolute Gasteiger partial charge is 0.465 e. The van der Waals surface area contributed by atoms with Gasteiger partial charge in [0.2, 0.25) is 0 Å². The number of ether oxygens (including phenoxy) is 2. The normalized spacial score (nSPS) is 22.7. The van der Waals surface area contributed by atoms with Gasteiger partial charge in [0.15, 0.2) is 0 Å². The van der Waals surface area contributed by atoms with Crippen molar-refractivity contribution in [3.8, 4) is 0 Å². The van der Waals surface area contributed by atoms with Crippen LogP contribution in [0, 0.1) is 0 Å². The van der Waals surface area contributed by atoms with Crippen molar-refractivity contribution in [1.29, 1.82) is 0 Å². The molecule has 2 unspecified atom stereocenters. The summed E-state index contributed by atoms with van der Waals surface area (Å²) in [4.78, 5) is 17.9. The summed E-state index contributed by atoms with van der Waals surface area (Å²) in [6.45, 7) is 3.67. The summed E-state index contributed by atoms with van der Waals surface area (Å²) >= 11 is 0. The predicted octanol–water partition coefficient (Wildman–Crippen LogP) is 1.48.